The summed E-state index contributed by atoms with van der Waals surface area (Å²) >= 11 is 0. The van der Waals surface area contributed by atoms with Crippen LogP contribution in [0, 0.1) is 0 Å². The van der Waals surface area contributed by atoms with Crippen LogP contribution in [0.4, 0.5) is 0 Å². The number of benzene rings is 3. The van der Waals surface area contributed by atoms with Gasteiger partial charge in [0.15, 0.2) is 0 Å². The van der Waals surface area contributed by atoms with E-state index in [9.17, 15) is 4.79 Å². The molecule has 0 spiro atoms. The van der Waals surface area contributed by atoms with Crippen molar-refractivity contribution in [2.75, 3.05) is 7.11 Å². The minimum absolute atomic E-state index is 0.0126. The van der Waals surface area contributed by atoms with E-state index in [1.54, 1.807) is 14.0 Å². The average Bonchev–Trinajstić information content (AvgIpc) is 3.40. The first-order valence-electron chi connectivity index (χ1n) is 8.58. The highest BCUT2D eigenvalue weighted by molar-refractivity contribution is 5.93. The molecule has 1 aliphatic carbocycles. The van der Waals surface area contributed by atoms with E-state index in [0.717, 1.165) is 29.4 Å². The summed E-state index contributed by atoms with van der Waals surface area (Å²) in [6.07, 6.45) is 1.94. The number of methoxy groups -OCH3 is 1. The summed E-state index contributed by atoms with van der Waals surface area (Å²) < 4.78 is 5.42. The van der Waals surface area contributed by atoms with Gasteiger partial charge in [0.25, 0.3) is 0 Å². The molecule has 1 aliphatic rings. The van der Waals surface area contributed by atoms with Crippen molar-refractivity contribution in [2.45, 2.75) is 25.3 Å². The van der Waals surface area contributed by atoms with E-state index >= 15 is 0 Å². The molecule has 0 aromatic heterocycles. The molecule has 0 saturated heterocycles. The molecule has 0 bridgehead atoms. The molecular weight excluding hydrogens is 310 g/mol. The Balaban J connectivity index is 1.95. The highest BCUT2D eigenvalue weighted by Crippen LogP contribution is 2.49. The van der Waals surface area contributed by atoms with Gasteiger partial charge >= 0.3 is 0 Å². The van der Waals surface area contributed by atoms with E-state index in [2.05, 4.69) is 41.7 Å². The van der Waals surface area contributed by atoms with Gasteiger partial charge in [0.1, 0.15) is 5.75 Å². The molecule has 3 nitrogen and oxygen atoms in total. The number of nitrogens with one attached hydrogen (secondary N) is 1. The normalized spacial score (nSPS) is 15.0. The second kappa shape index (κ2) is 5.92. The minimum Gasteiger partial charge on any atom is -0.497 e. The number of hydrogen-bond donors (Lipinski definition) is 1. The second-order valence-corrected chi connectivity index (χ2v) is 6.74. The summed E-state index contributed by atoms with van der Waals surface area (Å²) in [5.41, 5.74) is 3.28. The van der Waals surface area contributed by atoms with Crippen LogP contribution in [0.3, 0.4) is 0 Å². The van der Waals surface area contributed by atoms with Gasteiger partial charge in [0.05, 0.1) is 12.6 Å². The Hall–Kier alpha value is -2.81. The molecule has 3 aromatic carbocycles. The van der Waals surface area contributed by atoms with Crippen LogP contribution in [-0.2, 0) is 10.3 Å². The molecule has 126 valence electrons. The molecule has 1 N–H and O–H groups in total. The van der Waals surface area contributed by atoms with E-state index in [1.165, 1.54) is 16.7 Å². The van der Waals surface area contributed by atoms with Crippen LogP contribution in [0.1, 0.15) is 25.3 Å². The SMILES string of the molecule is COc1ccc2cc(-c3ccccc3)cc(C3(NC(C)=O)CC3)c2c1. The maximum Gasteiger partial charge on any atom is 0.217 e. The van der Waals surface area contributed by atoms with Crippen LogP contribution in [-0.4, -0.2) is 13.0 Å². The van der Waals surface area contributed by atoms with Crippen LogP contribution in [0.2, 0.25) is 0 Å². The summed E-state index contributed by atoms with van der Waals surface area (Å²) in [6, 6.07) is 20.9. The van der Waals surface area contributed by atoms with E-state index < -0.39 is 0 Å². The Morgan fingerprint density at radius 1 is 1.00 bits per heavy atom. The predicted octanol–water partition coefficient (Wildman–Crippen LogP) is 4.64. The lowest BCUT2D eigenvalue weighted by atomic mass is 9.91. The van der Waals surface area contributed by atoms with Gasteiger partial charge in [0.2, 0.25) is 5.91 Å². The van der Waals surface area contributed by atoms with Crippen LogP contribution < -0.4 is 10.1 Å². The van der Waals surface area contributed by atoms with Crippen LogP contribution in [0.25, 0.3) is 21.9 Å². The Labute approximate surface area is 147 Å². The van der Waals surface area contributed by atoms with Gasteiger partial charge in [-0.05, 0) is 64.6 Å². The van der Waals surface area contributed by atoms with E-state index in [-0.39, 0.29) is 11.4 Å². The molecule has 0 unspecified atom stereocenters. The monoisotopic (exact) mass is 331 g/mol. The van der Waals surface area contributed by atoms with Crippen molar-refractivity contribution < 1.29 is 9.53 Å². The van der Waals surface area contributed by atoms with Gasteiger partial charge in [0, 0.05) is 6.92 Å². The fraction of sp³-hybridized carbons (Fsp3) is 0.227. The number of fused-ring (bicyclic) bond motifs is 1. The summed E-state index contributed by atoms with van der Waals surface area (Å²) in [7, 11) is 1.68. The van der Waals surface area contributed by atoms with Crippen molar-refractivity contribution in [2.24, 2.45) is 0 Å². The molecular formula is C22H21NO2. The molecule has 1 fully saturated rings. The van der Waals surface area contributed by atoms with E-state index in [0.29, 0.717) is 0 Å². The van der Waals surface area contributed by atoms with Crippen molar-refractivity contribution in [1.82, 2.24) is 5.32 Å². The lowest BCUT2D eigenvalue weighted by Crippen LogP contribution is -2.33. The average molecular weight is 331 g/mol. The van der Waals surface area contributed by atoms with Gasteiger partial charge in [-0.2, -0.15) is 0 Å². The fourth-order valence-corrected chi connectivity index (χ4v) is 3.58. The van der Waals surface area contributed by atoms with Gasteiger partial charge in [-0.15, -0.1) is 0 Å². The number of amides is 1. The van der Waals surface area contributed by atoms with Gasteiger partial charge in [-0.25, -0.2) is 0 Å². The van der Waals surface area contributed by atoms with Crippen molar-refractivity contribution >= 4 is 16.7 Å². The van der Waals surface area contributed by atoms with Gasteiger partial charge in [-0.1, -0.05) is 36.4 Å². The van der Waals surface area contributed by atoms with Crippen LogP contribution in [0.15, 0.2) is 60.7 Å². The van der Waals surface area contributed by atoms with Gasteiger partial charge < -0.3 is 10.1 Å². The topological polar surface area (TPSA) is 38.3 Å². The summed E-state index contributed by atoms with van der Waals surface area (Å²) in [5.74, 6) is 0.846. The zero-order valence-corrected chi connectivity index (χ0v) is 14.5. The number of carbonyl (C=O) groups excluding carboxylic acids is 1. The standard InChI is InChI=1S/C22H21NO2/c1-15(24)23-22(10-11-22)21-13-18(16-6-4-3-5-7-16)12-17-8-9-19(25-2)14-20(17)21/h3-9,12-14H,10-11H2,1-2H3,(H,23,24). The number of rotatable bonds is 4. The van der Waals surface area contributed by atoms with Crippen LogP contribution in [0.5, 0.6) is 5.75 Å². The van der Waals surface area contributed by atoms with Crippen molar-refractivity contribution in [1.29, 1.82) is 0 Å². The summed E-state index contributed by atoms with van der Waals surface area (Å²) in [4.78, 5) is 11.8. The molecule has 3 aromatic rings. The zero-order chi connectivity index (χ0) is 17.4. The number of carbonyl (C=O) groups is 1. The number of hydrogen-bond acceptors (Lipinski definition) is 2. The third-order valence-electron chi connectivity index (χ3n) is 4.95. The summed E-state index contributed by atoms with van der Waals surface area (Å²) in [6.45, 7) is 1.59. The molecule has 0 heterocycles. The van der Waals surface area contributed by atoms with Crippen LogP contribution >= 0.6 is 0 Å². The Bertz CT molecular complexity index is 943. The third-order valence-corrected chi connectivity index (χ3v) is 4.95. The smallest absolute Gasteiger partial charge is 0.217 e. The Morgan fingerprint density at radius 3 is 2.40 bits per heavy atom. The van der Waals surface area contributed by atoms with Crippen molar-refractivity contribution in [3.05, 3.63) is 66.2 Å². The Kier molecular flexibility index (Phi) is 3.72. The first kappa shape index (κ1) is 15.7. The quantitative estimate of drug-likeness (QED) is 0.756. The maximum atomic E-state index is 11.8. The molecule has 4 rings (SSSR count). The molecule has 1 amide bonds. The number of ether oxygens (including phenoxy) is 1. The first-order valence-corrected chi connectivity index (χ1v) is 8.58. The molecule has 0 atom stereocenters. The molecule has 0 radical (unpaired) electrons. The second-order valence-electron chi connectivity index (χ2n) is 6.74. The maximum absolute atomic E-state index is 11.8. The van der Waals surface area contributed by atoms with Gasteiger partial charge in [-0.3, -0.25) is 4.79 Å². The molecule has 1 saturated carbocycles. The zero-order valence-electron chi connectivity index (χ0n) is 14.5. The minimum atomic E-state index is -0.249. The van der Waals surface area contributed by atoms with E-state index in [4.69, 9.17) is 4.74 Å². The van der Waals surface area contributed by atoms with Crippen molar-refractivity contribution in [3.8, 4) is 16.9 Å². The highest BCUT2D eigenvalue weighted by atomic mass is 16.5. The largest absolute Gasteiger partial charge is 0.497 e. The molecule has 0 aliphatic heterocycles. The lowest BCUT2D eigenvalue weighted by Gasteiger charge is -2.21. The summed E-state index contributed by atoms with van der Waals surface area (Å²) in [5, 5.41) is 5.48. The fourth-order valence-electron chi connectivity index (χ4n) is 3.58. The van der Waals surface area contributed by atoms with E-state index in [1.807, 2.05) is 24.3 Å². The lowest BCUT2D eigenvalue weighted by molar-refractivity contribution is -0.119. The molecule has 3 heteroatoms. The first-order chi connectivity index (χ1) is 12.1. The predicted molar refractivity (Wildman–Crippen MR) is 101 cm³/mol. The Morgan fingerprint density at radius 2 is 1.76 bits per heavy atom. The molecule has 25 heavy (non-hydrogen) atoms. The highest BCUT2D eigenvalue weighted by Gasteiger charge is 2.46. The third kappa shape index (κ3) is 2.86. The van der Waals surface area contributed by atoms with Crippen molar-refractivity contribution in [3.63, 3.8) is 0 Å².